The van der Waals surface area contributed by atoms with E-state index in [4.69, 9.17) is 0 Å². The zero-order valence-electron chi connectivity index (χ0n) is 10.2. The molecule has 94 valence electrons. The first kappa shape index (κ1) is 11.8. The lowest BCUT2D eigenvalue weighted by atomic mass is 10.1. The van der Waals surface area contributed by atoms with Gasteiger partial charge < -0.3 is 0 Å². The molecule has 3 rings (SSSR count). The summed E-state index contributed by atoms with van der Waals surface area (Å²) in [5.74, 6) is 0. The molecule has 5 heteroatoms. The van der Waals surface area contributed by atoms with E-state index in [2.05, 4.69) is 6.07 Å². The zero-order valence-corrected chi connectivity index (χ0v) is 11.1. The Balaban J connectivity index is 2.26. The lowest BCUT2D eigenvalue weighted by molar-refractivity contribution is -0.660. The molecule has 0 aliphatic rings. The zero-order chi connectivity index (χ0) is 13.4. The number of fused-ring (bicyclic) bond motifs is 1. The standard InChI is InChI=1S/C14H11N2O2S/c1-15-7-6-10(16(17)18)8-13(15)12-9-19-14-5-3-2-4-11(12)14/h2-9H,1H3/q+1. The Hall–Kier alpha value is -2.27. The van der Waals surface area contributed by atoms with Crippen LogP contribution < -0.4 is 4.57 Å². The number of aryl methyl sites for hydroxylation is 1. The molecule has 0 radical (unpaired) electrons. The van der Waals surface area contributed by atoms with Crippen LogP contribution in [0.25, 0.3) is 21.3 Å². The van der Waals surface area contributed by atoms with Crippen LogP contribution in [0, 0.1) is 10.1 Å². The van der Waals surface area contributed by atoms with Crippen LogP contribution in [0.2, 0.25) is 0 Å². The molecule has 0 spiro atoms. The second kappa shape index (κ2) is 4.44. The molecule has 0 saturated heterocycles. The molecule has 0 atom stereocenters. The summed E-state index contributed by atoms with van der Waals surface area (Å²) in [7, 11) is 1.89. The van der Waals surface area contributed by atoms with Crippen LogP contribution in [-0.2, 0) is 7.05 Å². The monoisotopic (exact) mass is 271 g/mol. The topological polar surface area (TPSA) is 47.0 Å². The Morgan fingerprint density at radius 2 is 2.05 bits per heavy atom. The molecule has 0 bridgehead atoms. The Morgan fingerprint density at radius 3 is 2.84 bits per heavy atom. The quantitative estimate of drug-likeness (QED) is 0.408. The highest BCUT2D eigenvalue weighted by Crippen LogP contribution is 2.33. The summed E-state index contributed by atoms with van der Waals surface area (Å²) >= 11 is 1.65. The number of hydrogen-bond donors (Lipinski definition) is 0. The van der Waals surface area contributed by atoms with Gasteiger partial charge in [-0.05, 0) is 6.07 Å². The second-order valence-electron chi connectivity index (χ2n) is 4.28. The van der Waals surface area contributed by atoms with Gasteiger partial charge in [0.05, 0.1) is 22.6 Å². The van der Waals surface area contributed by atoms with Gasteiger partial charge in [-0.15, -0.1) is 11.3 Å². The van der Waals surface area contributed by atoms with E-state index < -0.39 is 0 Å². The predicted molar refractivity (Wildman–Crippen MR) is 75.1 cm³/mol. The van der Waals surface area contributed by atoms with Gasteiger partial charge in [-0.1, -0.05) is 18.2 Å². The normalized spacial score (nSPS) is 10.8. The molecule has 2 heterocycles. The third-order valence-corrected chi connectivity index (χ3v) is 4.06. The summed E-state index contributed by atoms with van der Waals surface area (Å²) in [6.07, 6.45) is 1.72. The summed E-state index contributed by atoms with van der Waals surface area (Å²) in [4.78, 5) is 10.5. The van der Waals surface area contributed by atoms with E-state index in [1.807, 2.05) is 35.2 Å². The van der Waals surface area contributed by atoms with Crippen LogP contribution in [0.3, 0.4) is 0 Å². The van der Waals surface area contributed by atoms with Crippen LogP contribution in [0.5, 0.6) is 0 Å². The van der Waals surface area contributed by atoms with Crippen molar-refractivity contribution >= 4 is 27.1 Å². The molecule has 1 aromatic carbocycles. The fourth-order valence-corrected chi connectivity index (χ4v) is 3.07. The van der Waals surface area contributed by atoms with E-state index in [9.17, 15) is 10.1 Å². The first-order valence-corrected chi connectivity index (χ1v) is 6.65. The Morgan fingerprint density at radius 1 is 1.26 bits per heavy atom. The molecule has 2 aromatic heterocycles. The van der Waals surface area contributed by atoms with Crippen molar-refractivity contribution < 1.29 is 9.49 Å². The third-order valence-electron chi connectivity index (χ3n) is 3.10. The van der Waals surface area contributed by atoms with Gasteiger partial charge in [0, 0.05) is 15.5 Å². The minimum atomic E-state index is -0.363. The molecule has 3 aromatic rings. The van der Waals surface area contributed by atoms with E-state index in [1.165, 1.54) is 10.8 Å². The number of nitrogens with zero attached hydrogens (tertiary/aromatic N) is 2. The molecule has 4 nitrogen and oxygen atoms in total. The molecule has 0 fully saturated rings. The molecule has 0 saturated carbocycles. The largest absolute Gasteiger partial charge is 0.282 e. The van der Waals surface area contributed by atoms with Gasteiger partial charge in [0.15, 0.2) is 6.20 Å². The Labute approximate surface area is 113 Å². The summed E-state index contributed by atoms with van der Waals surface area (Å²) in [5.41, 5.74) is 2.00. The average molecular weight is 271 g/mol. The maximum absolute atomic E-state index is 10.9. The summed E-state index contributed by atoms with van der Waals surface area (Å²) in [6, 6.07) is 11.2. The van der Waals surface area contributed by atoms with E-state index >= 15 is 0 Å². The molecule has 0 unspecified atom stereocenters. The second-order valence-corrected chi connectivity index (χ2v) is 5.19. The van der Waals surface area contributed by atoms with Crippen molar-refractivity contribution in [2.24, 2.45) is 7.05 Å². The molecule has 0 aliphatic carbocycles. The number of pyridine rings is 1. The number of nitro groups is 1. The summed E-state index contributed by atoms with van der Waals surface area (Å²) in [5, 5.41) is 14.1. The summed E-state index contributed by atoms with van der Waals surface area (Å²) in [6.45, 7) is 0. The first-order chi connectivity index (χ1) is 9.16. The van der Waals surface area contributed by atoms with E-state index in [1.54, 1.807) is 23.6 Å². The molecule has 0 aliphatic heterocycles. The van der Waals surface area contributed by atoms with Gasteiger partial charge in [-0.3, -0.25) is 10.1 Å². The number of thiophene rings is 1. The van der Waals surface area contributed by atoms with E-state index in [0.29, 0.717) is 0 Å². The minimum Gasteiger partial charge on any atom is -0.258 e. The van der Waals surface area contributed by atoms with E-state index in [-0.39, 0.29) is 10.6 Å². The Bertz CT molecular complexity index is 780. The Kier molecular flexibility index (Phi) is 2.76. The third kappa shape index (κ3) is 1.98. The lowest BCUT2D eigenvalue weighted by Crippen LogP contribution is -2.30. The van der Waals surface area contributed by atoms with Crippen molar-refractivity contribution in [3.05, 3.63) is 58.1 Å². The minimum absolute atomic E-state index is 0.114. The van der Waals surface area contributed by atoms with Crippen molar-refractivity contribution in [3.63, 3.8) is 0 Å². The highest BCUT2D eigenvalue weighted by atomic mass is 32.1. The number of benzene rings is 1. The molecule has 19 heavy (non-hydrogen) atoms. The van der Waals surface area contributed by atoms with Gasteiger partial charge in [0.2, 0.25) is 5.69 Å². The molecular weight excluding hydrogens is 260 g/mol. The number of rotatable bonds is 2. The highest BCUT2D eigenvalue weighted by Gasteiger charge is 2.19. The SMILES string of the molecule is C[n+]1ccc([N+](=O)[O-])cc1-c1csc2ccccc12. The van der Waals surface area contributed by atoms with Gasteiger partial charge in [-0.25, -0.2) is 4.57 Å². The molecule has 0 amide bonds. The predicted octanol–water partition coefficient (Wildman–Crippen LogP) is 3.30. The van der Waals surface area contributed by atoms with Gasteiger partial charge in [0.25, 0.3) is 5.69 Å². The maximum Gasteiger partial charge on any atom is 0.282 e. The molecule has 0 N–H and O–H groups in total. The van der Waals surface area contributed by atoms with Gasteiger partial charge in [-0.2, -0.15) is 0 Å². The number of aromatic nitrogens is 1. The van der Waals surface area contributed by atoms with Crippen molar-refractivity contribution in [2.75, 3.05) is 0 Å². The van der Waals surface area contributed by atoms with Crippen molar-refractivity contribution in [1.29, 1.82) is 0 Å². The van der Waals surface area contributed by atoms with Crippen molar-refractivity contribution in [2.45, 2.75) is 0 Å². The fraction of sp³-hybridized carbons (Fsp3) is 0.0714. The van der Waals surface area contributed by atoms with Crippen LogP contribution in [0.15, 0.2) is 48.0 Å². The maximum atomic E-state index is 10.9. The number of hydrogen-bond acceptors (Lipinski definition) is 3. The smallest absolute Gasteiger partial charge is 0.258 e. The highest BCUT2D eigenvalue weighted by molar-refractivity contribution is 7.17. The van der Waals surface area contributed by atoms with Crippen LogP contribution in [0.4, 0.5) is 5.69 Å². The van der Waals surface area contributed by atoms with Crippen molar-refractivity contribution in [1.82, 2.24) is 0 Å². The van der Waals surface area contributed by atoms with Gasteiger partial charge in [0.1, 0.15) is 7.05 Å². The first-order valence-electron chi connectivity index (χ1n) is 5.77. The van der Waals surface area contributed by atoms with Crippen LogP contribution in [0.1, 0.15) is 0 Å². The van der Waals surface area contributed by atoms with Gasteiger partial charge >= 0.3 is 0 Å². The van der Waals surface area contributed by atoms with Crippen molar-refractivity contribution in [3.8, 4) is 11.3 Å². The van der Waals surface area contributed by atoms with Crippen LogP contribution in [-0.4, -0.2) is 4.92 Å². The molecular formula is C14H11N2O2S+. The lowest BCUT2D eigenvalue weighted by Gasteiger charge is -1.99. The summed E-state index contributed by atoms with van der Waals surface area (Å²) < 4.78 is 3.09. The van der Waals surface area contributed by atoms with E-state index in [0.717, 1.165) is 16.6 Å². The fourth-order valence-electron chi connectivity index (χ4n) is 2.12. The van der Waals surface area contributed by atoms with Crippen LogP contribution >= 0.6 is 11.3 Å². The average Bonchev–Trinajstić information content (AvgIpc) is 2.83.